The third-order valence-corrected chi connectivity index (χ3v) is 6.28. The molecule has 2 aromatic carbocycles. The van der Waals surface area contributed by atoms with Crippen molar-refractivity contribution in [2.75, 3.05) is 26.7 Å². The van der Waals surface area contributed by atoms with Gasteiger partial charge in [0.25, 0.3) is 0 Å². The Kier molecular flexibility index (Phi) is 4.67. The van der Waals surface area contributed by atoms with Crippen molar-refractivity contribution in [2.45, 2.75) is 10.9 Å². The molecular weight excluding hydrogens is 322 g/mol. The molecule has 0 N–H and O–H groups in total. The minimum Gasteiger partial charge on any atom is -0.303 e. The van der Waals surface area contributed by atoms with Crippen LogP contribution in [0, 0.1) is 11.3 Å². The van der Waals surface area contributed by atoms with E-state index in [1.165, 1.54) is 10.4 Å². The van der Waals surface area contributed by atoms with Crippen LogP contribution in [0.25, 0.3) is 0 Å². The van der Waals surface area contributed by atoms with Gasteiger partial charge in [0.15, 0.2) is 0 Å². The molecule has 0 spiro atoms. The normalized spacial score (nSPS) is 19.8. The smallest absolute Gasteiger partial charge is 0.245 e. The van der Waals surface area contributed by atoms with Crippen LogP contribution in [0.3, 0.4) is 0 Å². The van der Waals surface area contributed by atoms with Crippen LogP contribution in [-0.4, -0.2) is 44.3 Å². The van der Waals surface area contributed by atoms with Crippen LogP contribution in [0.4, 0.5) is 0 Å². The highest BCUT2D eigenvalue weighted by Crippen LogP contribution is 2.31. The van der Waals surface area contributed by atoms with Crippen LogP contribution in [0.5, 0.6) is 0 Å². The van der Waals surface area contributed by atoms with E-state index in [2.05, 4.69) is 4.90 Å². The van der Waals surface area contributed by atoms with E-state index in [-0.39, 0.29) is 16.5 Å². The van der Waals surface area contributed by atoms with E-state index < -0.39 is 10.0 Å². The summed E-state index contributed by atoms with van der Waals surface area (Å²) in [6.45, 7) is 1.69. The molecule has 1 fully saturated rings. The lowest BCUT2D eigenvalue weighted by atomic mass is 10.1. The Balaban J connectivity index is 2.06. The molecule has 0 amide bonds. The van der Waals surface area contributed by atoms with Gasteiger partial charge in [-0.3, -0.25) is 0 Å². The van der Waals surface area contributed by atoms with E-state index in [1.807, 2.05) is 43.4 Å². The van der Waals surface area contributed by atoms with Crippen LogP contribution < -0.4 is 0 Å². The molecule has 2 aromatic rings. The van der Waals surface area contributed by atoms with Crippen LogP contribution in [0.15, 0.2) is 59.5 Å². The molecular formula is C18H19N3O2S. The highest BCUT2D eigenvalue weighted by Gasteiger charge is 2.37. The Morgan fingerprint density at radius 1 is 1.04 bits per heavy atom. The molecule has 0 saturated carbocycles. The van der Waals surface area contributed by atoms with Crippen LogP contribution in [0.1, 0.15) is 17.2 Å². The first-order valence-corrected chi connectivity index (χ1v) is 9.22. The van der Waals surface area contributed by atoms with Crippen molar-refractivity contribution in [1.82, 2.24) is 9.21 Å². The fourth-order valence-corrected chi connectivity index (χ4v) is 4.79. The second-order valence-electron chi connectivity index (χ2n) is 5.91. The molecule has 0 aliphatic carbocycles. The molecule has 6 heteroatoms. The fourth-order valence-electron chi connectivity index (χ4n) is 3.05. The standard InChI is InChI=1S/C18H19N3O2S/c1-20-11-12-21(17(14-20)15-7-3-2-4-8-15)24(22,23)18-10-6-5-9-16(18)13-19/h2-10,17H,11-12,14H2,1H3. The summed E-state index contributed by atoms with van der Waals surface area (Å²) in [5.41, 5.74) is 1.14. The SMILES string of the molecule is CN1CCN(S(=O)(=O)c2ccccc2C#N)C(c2ccccc2)C1. The van der Waals surface area contributed by atoms with Gasteiger partial charge in [0, 0.05) is 19.6 Å². The van der Waals surface area contributed by atoms with Gasteiger partial charge in [-0.15, -0.1) is 0 Å². The van der Waals surface area contributed by atoms with Crippen LogP contribution in [-0.2, 0) is 10.0 Å². The number of piperazine rings is 1. The van der Waals surface area contributed by atoms with Gasteiger partial charge in [-0.2, -0.15) is 9.57 Å². The van der Waals surface area contributed by atoms with Crippen molar-refractivity contribution in [3.05, 3.63) is 65.7 Å². The van der Waals surface area contributed by atoms with E-state index >= 15 is 0 Å². The lowest BCUT2D eigenvalue weighted by Crippen LogP contribution is -2.49. The molecule has 0 radical (unpaired) electrons. The Bertz CT molecular complexity index is 859. The molecule has 1 atom stereocenters. The number of hydrogen-bond acceptors (Lipinski definition) is 4. The third-order valence-electron chi connectivity index (χ3n) is 4.31. The molecule has 1 unspecified atom stereocenters. The van der Waals surface area contributed by atoms with Gasteiger partial charge in [-0.25, -0.2) is 8.42 Å². The van der Waals surface area contributed by atoms with Gasteiger partial charge in [-0.05, 0) is 24.7 Å². The van der Waals surface area contributed by atoms with Crippen LogP contribution >= 0.6 is 0 Å². The minimum atomic E-state index is -3.74. The van der Waals surface area contributed by atoms with E-state index in [0.717, 1.165) is 5.56 Å². The van der Waals surface area contributed by atoms with E-state index in [9.17, 15) is 13.7 Å². The summed E-state index contributed by atoms with van der Waals surface area (Å²) in [5.74, 6) is 0. The number of hydrogen-bond donors (Lipinski definition) is 0. The maximum absolute atomic E-state index is 13.2. The van der Waals surface area contributed by atoms with Gasteiger partial charge in [0.2, 0.25) is 10.0 Å². The Hall–Kier alpha value is -2.20. The number of nitriles is 1. The molecule has 0 bridgehead atoms. The average Bonchev–Trinajstić information content (AvgIpc) is 2.62. The molecule has 1 aliphatic rings. The number of rotatable bonds is 3. The lowest BCUT2D eigenvalue weighted by molar-refractivity contribution is 0.160. The van der Waals surface area contributed by atoms with Gasteiger partial charge in [0.05, 0.1) is 16.5 Å². The highest BCUT2D eigenvalue weighted by molar-refractivity contribution is 7.89. The number of likely N-dealkylation sites (N-methyl/N-ethyl adjacent to an activating group) is 1. The largest absolute Gasteiger partial charge is 0.303 e. The maximum atomic E-state index is 13.2. The van der Waals surface area contributed by atoms with Crippen LogP contribution in [0.2, 0.25) is 0 Å². The van der Waals surface area contributed by atoms with Crippen molar-refractivity contribution in [3.8, 4) is 6.07 Å². The Morgan fingerprint density at radius 2 is 1.71 bits per heavy atom. The summed E-state index contributed by atoms with van der Waals surface area (Å²) in [5, 5.41) is 9.26. The first kappa shape index (κ1) is 16.7. The molecule has 24 heavy (non-hydrogen) atoms. The molecule has 1 heterocycles. The number of nitrogens with zero attached hydrogens (tertiary/aromatic N) is 3. The number of benzene rings is 2. The van der Waals surface area contributed by atoms with Crippen molar-refractivity contribution in [2.24, 2.45) is 0 Å². The van der Waals surface area contributed by atoms with Gasteiger partial charge in [0.1, 0.15) is 6.07 Å². The average molecular weight is 341 g/mol. The molecule has 1 saturated heterocycles. The van der Waals surface area contributed by atoms with Crippen molar-refractivity contribution in [1.29, 1.82) is 5.26 Å². The van der Waals surface area contributed by atoms with Crippen molar-refractivity contribution in [3.63, 3.8) is 0 Å². The Morgan fingerprint density at radius 3 is 2.42 bits per heavy atom. The van der Waals surface area contributed by atoms with E-state index in [1.54, 1.807) is 18.2 Å². The second-order valence-corrected chi connectivity index (χ2v) is 7.77. The number of sulfonamides is 1. The van der Waals surface area contributed by atoms with Crippen molar-refractivity contribution < 1.29 is 8.42 Å². The van der Waals surface area contributed by atoms with E-state index in [0.29, 0.717) is 19.6 Å². The van der Waals surface area contributed by atoms with Gasteiger partial charge >= 0.3 is 0 Å². The molecule has 1 aliphatic heterocycles. The molecule has 124 valence electrons. The summed E-state index contributed by atoms with van der Waals surface area (Å²) in [6.07, 6.45) is 0. The lowest BCUT2D eigenvalue weighted by Gasteiger charge is -2.39. The monoisotopic (exact) mass is 341 g/mol. The Labute approximate surface area is 142 Å². The first-order valence-electron chi connectivity index (χ1n) is 7.78. The molecule has 5 nitrogen and oxygen atoms in total. The fraction of sp³-hybridized carbons (Fsp3) is 0.278. The summed E-state index contributed by atoms with van der Waals surface area (Å²) in [6, 6.07) is 17.7. The zero-order valence-corrected chi connectivity index (χ0v) is 14.3. The van der Waals surface area contributed by atoms with Gasteiger partial charge < -0.3 is 4.90 Å². The molecule has 3 rings (SSSR count). The first-order chi connectivity index (χ1) is 11.5. The highest BCUT2D eigenvalue weighted by atomic mass is 32.2. The van der Waals surface area contributed by atoms with Crippen molar-refractivity contribution >= 4 is 10.0 Å². The zero-order chi connectivity index (χ0) is 17.2. The summed E-state index contributed by atoms with van der Waals surface area (Å²) in [4.78, 5) is 2.21. The topological polar surface area (TPSA) is 64.4 Å². The predicted molar refractivity (Wildman–Crippen MR) is 91.7 cm³/mol. The quantitative estimate of drug-likeness (QED) is 0.859. The predicted octanol–water partition coefficient (Wildman–Crippen LogP) is 2.24. The zero-order valence-electron chi connectivity index (χ0n) is 13.5. The third kappa shape index (κ3) is 3.06. The molecule has 0 aromatic heterocycles. The van der Waals surface area contributed by atoms with Gasteiger partial charge in [-0.1, -0.05) is 42.5 Å². The summed E-state index contributed by atoms with van der Waals surface area (Å²) < 4.78 is 28.0. The summed E-state index contributed by atoms with van der Waals surface area (Å²) in [7, 11) is -1.75. The summed E-state index contributed by atoms with van der Waals surface area (Å²) >= 11 is 0. The maximum Gasteiger partial charge on any atom is 0.245 e. The second kappa shape index (κ2) is 6.73. The van der Waals surface area contributed by atoms with E-state index in [4.69, 9.17) is 0 Å². The minimum absolute atomic E-state index is 0.0815.